The van der Waals surface area contributed by atoms with E-state index in [1.54, 1.807) is 11.3 Å². The number of thiazole rings is 1. The summed E-state index contributed by atoms with van der Waals surface area (Å²) < 4.78 is 5.88. The molecule has 1 aliphatic heterocycles. The van der Waals surface area contributed by atoms with E-state index in [1.807, 2.05) is 6.20 Å². The van der Waals surface area contributed by atoms with E-state index in [0.717, 1.165) is 31.2 Å². The summed E-state index contributed by atoms with van der Waals surface area (Å²) in [6, 6.07) is 0.951. The molecule has 0 bridgehead atoms. The van der Waals surface area contributed by atoms with Crippen LogP contribution in [0.1, 0.15) is 49.7 Å². The number of rotatable bonds is 5. The van der Waals surface area contributed by atoms with Gasteiger partial charge >= 0.3 is 0 Å². The maximum Gasteiger partial charge on any atom is 0.123 e. The fraction of sp³-hybridized carbons (Fsp3) is 0.786. The van der Waals surface area contributed by atoms with Crippen LogP contribution in [0.2, 0.25) is 0 Å². The molecule has 2 rings (SSSR count). The average molecular weight is 283 g/mol. The van der Waals surface area contributed by atoms with Crippen molar-refractivity contribution >= 4 is 11.3 Å². The predicted octanol–water partition coefficient (Wildman–Crippen LogP) is 2.60. The van der Waals surface area contributed by atoms with Gasteiger partial charge in [-0.05, 0) is 27.3 Å². The van der Waals surface area contributed by atoms with Crippen molar-refractivity contribution in [2.45, 2.75) is 45.9 Å². The summed E-state index contributed by atoms with van der Waals surface area (Å²) in [6.45, 7) is 12.6. The lowest BCUT2D eigenvalue weighted by Crippen LogP contribution is -2.42. The minimum atomic E-state index is 0.142. The first-order valence-electron chi connectivity index (χ1n) is 7.16. The Bertz CT molecular complexity index is 394. The van der Waals surface area contributed by atoms with Gasteiger partial charge in [-0.1, -0.05) is 6.92 Å². The van der Waals surface area contributed by atoms with Gasteiger partial charge in [0, 0.05) is 36.2 Å². The molecule has 0 amide bonds. The summed E-state index contributed by atoms with van der Waals surface area (Å²) >= 11 is 1.78. The molecule has 0 saturated carbocycles. The minimum absolute atomic E-state index is 0.142. The molecule has 2 atom stereocenters. The highest BCUT2D eigenvalue weighted by Crippen LogP contribution is 2.29. The van der Waals surface area contributed by atoms with Crippen LogP contribution in [0.4, 0.5) is 0 Å². The van der Waals surface area contributed by atoms with Crippen LogP contribution in [0.3, 0.4) is 0 Å². The summed E-state index contributed by atoms with van der Waals surface area (Å²) in [7, 11) is 0. The number of hydrogen-bond donors (Lipinski definition) is 1. The van der Waals surface area contributed by atoms with Crippen LogP contribution in [-0.4, -0.2) is 42.2 Å². The van der Waals surface area contributed by atoms with Gasteiger partial charge in [-0.2, -0.15) is 0 Å². The van der Waals surface area contributed by atoms with Crippen molar-refractivity contribution in [1.82, 2.24) is 15.2 Å². The molecule has 1 N–H and O–H groups in total. The van der Waals surface area contributed by atoms with Crippen LogP contribution in [-0.2, 0) is 4.74 Å². The van der Waals surface area contributed by atoms with Gasteiger partial charge in [0.1, 0.15) is 11.1 Å². The van der Waals surface area contributed by atoms with Crippen LogP contribution < -0.4 is 5.32 Å². The highest BCUT2D eigenvalue weighted by molar-refractivity contribution is 7.11. The van der Waals surface area contributed by atoms with E-state index in [2.05, 4.69) is 42.9 Å². The number of nitrogens with one attached hydrogen (secondary N) is 1. The van der Waals surface area contributed by atoms with Crippen molar-refractivity contribution in [3.8, 4) is 0 Å². The largest absolute Gasteiger partial charge is 0.368 e. The van der Waals surface area contributed by atoms with Gasteiger partial charge in [0.2, 0.25) is 0 Å². The highest BCUT2D eigenvalue weighted by Gasteiger charge is 2.26. The molecule has 1 aromatic rings. The lowest BCUT2D eigenvalue weighted by atomic mass is 10.2. The van der Waals surface area contributed by atoms with Crippen molar-refractivity contribution in [2.24, 2.45) is 0 Å². The van der Waals surface area contributed by atoms with Crippen molar-refractivity contribution < 1.29 is 4.74 Å². The van der Waals surface area contributed by atoms with Gasteiger partial charge in [0.25, 0.3) is 0 Å². The Labute approximate surface area is 120 Å². The van der Waals surface area contributed by atoms with E-state index in [1.165, 1.54) is 4.88 Å². The minimum Gasteiger partial charge on any atom is -0.368 e. The zero-order valence-corrected chi connectivity index (χ0v) is 13.2. The van der Waals surface area contributed by atoms with E-state index in [4.69, 9.17) is 4.74 Å². The Hall–Kier alpha value is -0.490. The van der Waals surface area contributed by atoms with Crippen molar-refractivity contribution in [3.05, 3.63) is 16.1 Å². The van der Waals surface area contributed by atoms with Crippen molar-refractivity contribution in [1.29, 1.82) is 0 Å². The molecule has 5 heteroatoms. The zero-order valence-electron chi connectivity index (χ0n) is 12.3. The third kappa shape index (κ3) is 3.75. The Morgan fingerprint density at radius 3 is 3.00 bits per heavy atom. The molecule has 2 heterocycles. The highest BCUT2D eigenvalue weighted by atomic mass is 32.1. The molecule has 0 aliphatic carbocycles. The number of hydrogen-bond acceptors (Lipinski definition) is 5. The first-order valence-corrected chi connectivity index (χ1v) is 7.98. The lowest BCUT2D eigenvalue weighted by molar-refractivity contribution is -0.0402. The fourth-order valence-electron chi connectivity index (χ4n) is 2.34. The van der Waals surface area contributed by atoms with E-state index >= 15 is 0 Å². The molecular weight excluding hydrogens is 258 g/mol. The summed E-state index contributed by atoms with van der Waals surface area (Å²) in [5, 5.41) is 4.54. The SMILES string of the molecule is CCNC(C)c1cnc(C2CN(C(C)C)CCO2)s1. The van der Waals surface area contributed by atoms with Crippen LogP contribution in [0, 0.1) is 0 Å². The van der Waals surface area contributed by atoms with E-state index in [-0.39, 0.29) is 6.10 Å². The molecule has 1 aliphatic rings. The smallest absolute Gasteiger partial charge is 0.123 e. The van der Waals surface area contributed by atoms with Crippen LogP contribution in [0.25, 0.3) is 0 Å². The Morgan fingerprint density at radius 1 is 1.53 bits per heavy atom. The van der Waals surface area contributed by atoms with Crippen molar-refractivity contribution in [2.75, 3.05) is 26.2 Å². The molecule has 0 spiro atoms. The van der Waals surface area contributed by atoms with E-state index < -0.39 is 0 Å². The van der Waals surface area contributed by atoms with Gasteiger partial charge in [-0.25, -0.2) is 4.98 Å². The second-order valence-electron chi connectivity index (χ2n) is 5.33. The van der Waals surface area contributed by atoms with Gasteiger partial charge in [0.15, 0.2) is 0 Å². The molecule has 1 saturated heterocycles. The maximum absolute atomic E-state index is 5.88. The predicted molar refractivity (Wildman–Crippen MR) is 79.6 cm³/mol. The second kappa shape index (κ2) is 6.79. The lowest BCUT2D eigenvalue weighted by Gasteiger charge is -2.34. The Balaban J connectivity index is 2.01. The number of ether oxygens (including phenoxy) is 1. The summed E-state index contributed by atoms with van der Waals surface area (Å²) in [5.74, 6) is 0. The standard InChI is InChI=1S/C14H25N3OS/c1-5-15-11(4)13-8-16-14(19-13)12-9-17(10(2)3)6-7-18-12/h8,10-12,15H,5-7,9H2,1-4H3. The maximum atomic E-state index is 5.88. The molecule has 19 heavy (non-hydrogen) atoms. The van der Waals surface area contributed by atoms with Gasteiger partial charge < -0.3 is 10.1 Å². The van der Waals surface area contributed by atoms with Gasteiger partial charge in [0.05, 0.1) is 6.61 Å². The van der Waals surface area contributed by atoms with Crippen LogP contribution in [0.15, 0.2) is 6.20 Å². The fourth-order valence-corrected chi connectivity index (χ4v) is 3.33. The molecular formula is C14H25N3OS. The zero-order chi connectivity index (χ0) is 13.8. The topological polar surface area (TPSA) is 37.4 Å². The van der Waals surface area contributed by atoms with Gasteiger partial charge in [-0.3, -0.25) is 4.90 Å². The van der Waals surface area contributed by atoms with E-state index in [0.29, 0.717) is 12.1 Å². The summed E-state index contributed by atoms with van der Waals surface area (Å²) in [6.07, 6.45) is 2.13. The Kier molecular flexibility index (Phi) is 5.33. The third-order valence-corrected chi connectivity index (χ3v) is 4.85. The Morgan fingerprint density at radius 2 is 2.32 bits per heavy atom. The van der Waals surface area contributed by atoms with Crippen LogP contribution >= 0.6 is 11.3 Å². The average Bonchev–Trinajstić information content (AvgIpc) is 2.89. The molecule has 0 aromatic carbocycles. The monoisotopic (exact) mass is 283 g/mol. The van der Waals surface area contributed by atoms with Crippen LogP contribution in [0.5, 0.6) is 0 Å². The van der Waals surface area contributed by atoms with Crippen molar-refractivity contribution in [3.63, 3.8) is 0 Å². The normalized spacial score (nSPS) is 22.9. The molecule has 1 fully saturated rings. The summed E-state index contributed by atoms with van der Waals surface area (Å²) in [4.78, 5) is 8.32. The number of morpholine rings is 1. The second-order valence-corrected chi connectivity index (χ2v) is 6.42. The number of nitrogens with zero attached hydrogens (tertiary/aromatic N) is 2. The third-order valence-electron chi connectivity index (χ3n) is 3.58. The molecule has 0 radical (unpaired) electrons. The quantitative estimate of drug-likeness (QED) is 0.901. The first kappa shape index (κ1) is 14.9. The van der Waals surface area contributed by atoms with Gasteiger partial charge in [-0.15, -0.1) is 11.3 Å². The summed E-state index contributed by atoms with van der Waals surface area (Å²) in [5.41, 5.74) is 0. The molecule has 108 valence electrons. The molecule has 1 aromatic heterocycles. The molecule has 4 nitrogen and oxygen atoms in total. The van der Waals surface area contributed by atoms with E-state index in [9.17, 15) is 0 Å². The first-order chi connectivity index (χ1) is 9.11. The molecule has 2 unspecified atom stereocenters. The number of aromatic nitrogens is 1.